The molecule has 0 aromatic heterocycles. The average Bonchev–Trinajstić information content (AvgIpc) is 3.39. The second kappa shape index (κ2) is 51.4. The Kier molecular flexibility index (Phi) is 46.8. The summed E-state index contributed by atoms with van der Waals surface area (Å²) in [5.41, 5.74) is -0.125. The van der Waals surface area contributed by atoms with Crippen LogP contribution in [0.15, 0.2) is 72.9 Å². The molecule has 0 spiro atoms. The van der Waals surface area contributed by atoms with Crippen LogP contribution >= 0.6 is 0 Å². The maximum Gasteiger partial charge on any atom is 0.514 e. The van der Waals surface area contributed by atoms with Crippen LogP contribution in [0.2, 0.25) is 0 Å². The van der Waals surface area contributed by atoms with Gasteiger partial charge in [0.1, 0.15) is 25.1 Å². The minimum absolute atomic E-state index is 0.00557. The van der Waals surface area contributed by atoms with Crippen LogP contribution in [0.4, 0.5) is 10.5 Å². The van der Waals surface area contributed by atoms with E-state index in [-0.39, 0.29) is 55.9 Å². The van der Waals surface area contributed by atoms with Crippen LogP contribution in [0.3, 0.4) is 0 Å². The van der Waals surface area contributed by atoms with Gasteiger partial charge >= 0.3 is 24.1 Å². The SMILES string of the molecule is CCCCC/C=C\C/C=C\CCCCCCCC(=O)OCC(COC(=O)CCCCCCC/C=C\C/C=C\CCCCC)OC(=O)CCCC(CCCCCCCCCCCC)OC(=O)Oc1ccc([N+](=O)[O-])cc1. The van der Waals surface area contributed by atoms with Gasteiger partial charge in [0.15, 0.2) is 6.10 Å². The number of carbonyl (C=O) groups is 4. The minimum Gasteiger partial charge on any atom is -0.462 e. The summed E-state index contributed by atoms with van der Waals surface area (Å²) in [4.78, 5) is 62.3. The molecule has 0 aliphatic rings. The fourth-order valence-corrected chi connectivity index (χ4v) is 8.53. The lowest BCUT2D eigenvalue weighted by Crippen LogP contribution is -2.31. The maximum atomic E-state index is 13.3. The highest BCUT2D eigenvalue weighted by atomic mass is 16.7. The smallest absolute Gasteiger partial charge is 0.462 e. The van der Waals surface area contributed by atoms with Gasteiger partial charge < -0.3 is 23.7 Å². The van der Waals surface area contributed by atoms with E-state index in [1.807, 2.05) is 0 Å². The summed E-state index contributed by atoms with van der Waals surface area (Å²) >= 11 is 0. The molecule has 0 saturated heterocycles. The van der Waals surface area contributed by atoms with E-state index in [1.165, 1.54) is 101 Å². The average molecular weight is 1050 g/mol. The predicted octanol–water partition coefficient (Wildman–Crippen LogP) is 18.6. The summed E-state index contributed by atoms with van der Waals surface area (Å²) < 4.78 is 27.9. The lowest BCUT2D eigenvalue weighted by Gasteiger charge is -2.19. The summed E-state index contributed by atoms with van der Waals surface area (Å²) in [5.74, 6) is -1.19. The van der Waals surface area contributed by atoms with E-state index in [2.05, 4.69) is 69.4 Å². The molecule has 0 saturated carbocycles. The molecular formula is C63H103NO11. The molecule has 0 N–H and O–H groups in total. The van der Waals surface area contributed by atoms with Crippen molar-refractivity contribution in [1.82, 2.24) is 0 Å². The number of carbonyl (C=O) groups excluding carboxylic acids is 4. The fraction of sp³-hybridized carbons (Fsp3) is 0.714. The van der Waals surface area contributed by atoms with Crippen molar-refractivity contribution in [3.05, 3.63) is 83.0 Å². The summed E-state index contributed by atoms with van der Waals surface area (Å²) in [6.45, 7) is 6.22. The largest absolute Gasteiger partial charge is 0.514 e. The molecule has 12 heteroatoms. The number of unbranched alkanes of at least 4 members (excludes halogenated alkanes) is 25. The number of hydrogen-bond acceptors (Lipinski definition) is 11. The lowest BCUT2D eigenvalue weighted by atomic mass is 10.0. The first-order valence-corrected chi connectivity index (χ1v) is 29.9. The highest BCUT2D eigenvalue weighted by molar-refractivity contribution is 5.71. The molecule has 1 rings (SSSR count). The van der Waals surface area contributed by atoms with E-state index in [4.69, 9.17) is 23.7 Å². The Morgan fingerprint density at radius 1 is 0.440 bits per heavy atom. The Bertz CT molecular complexity index is 1620. The number of nitro groups is 1. The molecule has 12 nitrogen and oxygen atoms in total. The van der Waals surface area contributed by atoms with Gasteiger partial charge in [0.25, 0.3) is 5.69 Å². The molecule has 1 unspecified atom stereocenters. The van der Waals surface area contributed by atoms with Crippen molar-refractivity contribution >= 4 is 29.8 Å². The lowest BCUT2D eigenvalue weighted by molar-refractivity contribution is -0.384. The number of benzene rings is 1. The Labute approximate surface area is 454 Å². The molecule has 0 bridgehead atoms. The second-order valence-electron chi connectivity index (χ2n) is 20.1. The summed E-state index contributed by atoms with van der Waals surface area (Å²) in [7, 11) is 0. The van der Waals surface area contributed by atoms with Crippen molar-refractivity contribution in [1.29, 1.82) is 0 Å². The van der Waals surface area contributed by atoms with Crippen molar-refractivity contribution in [2.24, 2.45) is 0 Å². The van der Waals surface area contributed by atoms with Crippen LogP contribution in [0.25, 0.3) is 0 Å². The highest BCUT2D eigenvalue weighted by Gasteiger charge is 2.22. The van der Waals surface area contributed by atoms with Gasteiger partial charge in [-0.3, -0.25) is 24.5 Å². The number of non-ortho nitro benzene ring substituents is 1. The molecule has 1 aromatic rings. The van der Waals surface area contributed by atoms with Gasteiger partial charge in [-0.1, -0.05) is 191 Å². The first kappa shape index (κ1) is 68.3. The third kappa shape index (κ3) is 45.2. The van der Waals surface area contributed by atoms with Crippen LogP contribution in [0, 0.1) is 10.1 Å². The zero-order chi connectivity index (χ0) is 54.5. The number of hydrogen-bond donors (Lipinski definition) is 0. The van der Waals surface area contributed by atoms with E-state index in [0.717, 1.165) is 116 Å². The molecule has 0 heterocycles. The third-order valence-electron chi connectivity index (χ3n) is 13.1. The van der Waals surface area contributed by atoms with Gasteiger partial charge in [0.05, 0.1) is 4.92 Å². The minimum atomic E-state index is -0.963. The highest BCUT2D eigenvalue weighted by Crippen LogP contribution is 2.21. The van der Waals surface area contributed by atoms with Gasteiger partial charge in [-0.25, -0.2) is 4.79 Å². The van der Waals surface area contributed by atoms with Crippen molar-refractivity contribution in [2.45, 2.75) is 277 Å². The Hall–Kier alpha value is -4.74. The predicted molar refractivity (Wildman–Crippen MR) is 305 cm³/mol. The van der Waals surface area contributed by atoms with Gasteiger partial charge in [-0.05, 0) is 115 Å². The van der Waals surface area contributed by atoms with Crippen molar-refractivity contribution in [2.75, 3.05) is 13.2 Å². The van der Waals surface area contributed by atoms with Crippen molar-refractivity contribution in [3.63, 3.8) is 0 Å². The molecular weight excluding hydrogens is 947 g/mol. The molecule has 426 valence electrons. The van der Waals surface area contributed by atoms with Crippen LogP contribution in [0.5, 0.6) is 5.75 Å². The number of esters is 3. The normalized spacial score (nSPS) is 12.1. The molecule has 0 amide bonds. The number of rotatable bonds is 51. The van der Waals surface area contributed by atoms with Crippen molar-refractivity contribution < 1.29 is 47.8 Å². The Morgan fingerprint density at radius 3 is 1.27 bits per heavy atom. The van der Waals surface area contributed by atoms with Crippen molar-refractivity contribution in [3.8, 4) is 5.75 Å². The van der Waals surface area contributed by atoms with Crippen LogP contribution in [0.1, 0.15) is 265 Å². The Balaban J connectivity index is 2.69. The van der Waals surface area contributed by atoms with Gasteiger partial charge in [-0.15, -0.1) is 0 Å². The number of nitrogens with zero attached hydrogens (tertiary/aromatic N) is 1. The van der Waals surface area contributed by atoms with E-state index in [0.29, 0.717) is 32.1 Å². The standard InChI is InChI=1S/C63H103NO11/c1-4-7-10-13-16-19-22-24-26-28-30-33-36-39-42-47-60(65)71-54-59(55-72-61(66)48-43-40-37-34-31-29-27-25-23-20-17-14-11-8-5-2)73-62(67)49-44-46-57(45-41-38-35-32-21-18-15-12-9-6-3)74-63(68)75-58-52-50-56(51-53-58)64(69)70/h16-17,19-20,24-27,50-53,57,59H,4-15,18,21-23,28-49,54-55H2,1-3H3/b19-16-,20-17-,26-24-,27-25-. The molecule has 1 aromatic carbocycles. The number of ether oxygens (including phenoxy) is 5. The maximum absolute atomic E-state index is 13.3. The van der Waals surface area contributed by atoms with E-state index in [9.17, 15) is 29.3 Å². The van der Waals surface area contributed by atoms with E-state index in [1.54, 1.807) is 0 Å². The fourth-order valence-electron chi connectivity index (χ4n) is 8.53. The van der Waals surface area contributed by atoms with Gasteiger partial charge in [-0.2, -0.15) is 0 Å². The van der Waals surface area contributed by atoms with E-state index >= 15 is 0 Å². The molecule has 0 radical (unpaired) electrons. The topological polar surface area (TPSA) is 158 Å². The zero-order valence-electron chi connectivity index (χ0n) is 47.3. The first-order chi connectivity index (χ1) is 36.7. The quantitative estimate of drug-likeness (QED) is 0.0116. The summed E-state index contributed by atoms with van der Waals surface area (Å²) in [5, 5.41) is 11.1. The molecule has 1 atom stereocenters. The van der Waals surface area contributed by atoms with Crippen LogP contribution < -0.4 is 4.74 Å². The van der Waals surface area contributed by atoms with E-state index < -0.39 is 29.3 Å². The monoisotopic (exact) mass is 1050 g/mol. The molecule has 75 heavy (non-hydrogen) atoms. The third-order valence-corrected chi connectivity index (χ3v) is 13.1. The molecule has 0 aliphatic carbocycles. The van der Waals surface area contributed by atoms with Crippen LogP contribution in [-0.4, -0.2) is 54.4 Å². The molecule has 0 aliphatic heterocycles. The second-order valence-corrected chi connectivity index (χ2v) is 20.1. The number of nitro benzene ring substituents is 1. The Morgan fingerprint density at radius 2 is 0.813 bits per heavy atom. The van der Waals surface area contributed by atoms with Crippen LogP contribution in [-0.2, 0) is 33.3 Å². The van der Waals surface area contributed by atoms with Gasteiger partial charge in [0, 0.05) is 31.4 Å². The zero-order valence-corrected chi connectivity index (χ0v) is 47.3. The summed E-state index contributed by atoms with van der Waals surface area (Å²) in [6.07, 6.45) is 52.8. The first-order valence-electron chi connectivity index (χ1n) is 29.9. The summed E-state index contributed by atoms with van der Waals surface area (Å²) in [6, 6.07) is 5.18. The molecule has 0 fully saturated rings. The van der Waals surface area contributed by atoms with Gasteiger partial charge in [0.2, 0.25) is 0 Å². The number of allylic oxidation sites excluding steroid dienone is 8.